The van der Waals surface area contributed by atoms with Crippen LogP contribution in [-0.2, 0) is 10.0 Å². The van der Waals surface area contributed by atoms with Crippen LogP contribution in [0.5, 0.6) is 5.75 Å². The van der Waals surface area contributed by atoms with Crippen molar-refractivity contribution < 1.29 is 13.2 Å². The molecule has 3 aromatic rings. The highest BCUT2D eigenvalue weighted by Crippen LogP contribution is 2.24. The molecule has 0 unspecified atom stereocenters. The molecule has 2 aromatic heterocycles. The monoisotopic (exact) mass is 303 g/mol. The molecule has 0 aliphatic carbocycles. The van der Waals surface area contributed by atoms with E-state index in [4.69, 9.17) is 4.74 Å². The van der Waals surface area contributed by atoms with Gasteiger partial charge in [-0.05, 0) is 36.4 Å². The van der Waals surface area contributed by atoms with Gasteiger partial charge in [0.1, 0.15) is 16.3 Å². The fourth-order valence-corrected chi connectivity index (χ4v) is 3.25. The van der Waals surface area contributed by atoms with E-state index in [1.807, 2.05) is 0 Å². The van der Waals surface area contributed by atoms with E-state index in [9.17, 15) is 8.42 Å². The van der Waals surface area contributed by atoms with Crippen LogP contribution in [0.25, 0.3) is 11.0 Å². The minimum atomic E-state index is -3.68. The van der Waals surface area contributed by atoms with E-state index in [2.05, 4.69) is 14.7 Å². The van der Waals surface area contributed by atoms with Crippen LogP contribution in [0.1, 0.15) is 0 Å². The molecule has 21 heavy (non-hydrogen) atoms. The van der Waals surface area contributed by atoms with Gasteiger partial charge in [0.25, 0.3) is 10.0 Å². The van der Waals surface area contributed by atoms with Crippen LogP contribution >= 0.6 is 0 Å². The molecule has 0 saturated carbocycles. The standard InChI is InChI=1S/C14H13N3O3S/c1-20-11-6-4-10(5-7-11)17-21(18,19)13-9-16-14-12(13)3-2-8-15-14/h2-9,17H,1H3,(H,15,16). The topological polar surface area (TPSA) is 84.1 Å². The van der Waals surface area contributed by atoms with Crippen molar-refractivity contribution in [1.29, 1.82) is 0 Å². The molecule has 0 aliphatic rings. The minimum Gasteiger partial charge on any atom is -0.497 e. The number of H-pyrrole nitrogens is 1. The quantitative estimate of drug-likeness (QED) is 0.775. The van der Waals surface area contributed by atoms with Crippen LogP contribution in [-0.4, -0.2) is 25.5 Å². The molecule has 3 rings (SSSR count). The zero-order chi connectivity index (χ0) is 14.9. The zero-order valence-corrected chi connectivity index (χ0v) is 12.0. The fourth-order valence-electron chi connectivity index (χ4n) is 2.02. The van der Waals surface area contributed by atoms with Crippen LogP contribution in [0.2, 0.25) is 0 Å². The lowest BCUT2D eigenvalue weighted by Gasteiger charge is -2.07. The van der Waals surface area contributed by atoms with Gasteiger partial charge >= 0.3 is 0 Å². The molecule has 0 saturated heterocycles. The summed E-state index contributed by atoms with van der Waals surface area (Å²) in [4.78, 5) is 7.10. The van der Waals surface area contributed by atoms with E-state index in [-0.39, 0.29) is 4.90 Å². The molecule has 0 fully saturated rings. The van der Waals surface area contributed by atoms with Crippen LogP contribution in [0, 0.1) is 0 Å². The number of hydrogen-bond donors (Lipinski definition) is 2. The summed E-state index contributed by atoms with van der Waals surface area (Å²) in [6.45, 7) is 0. The second-order valence-corrected chi connectivity index (χ2v) is 6.04. The fraction of sp³-hybridized carbons (Fsp3) is 0.0714. The number of pyridine rings is 1. The Hall–Kier alpha value is -2.54. The van der Waals surface area contributed by atoms with Gasteiger partial charge in [-0.2, -0.15) is 0 Å². The first-order chi connectivity index (χ1) is 10.1. The number of rotatable bonds is 4. The predicted molar refractivity (Wildman–Crippen MR) is 79.9 cm³/mol. The van der Waals surface area contributed by atoms with E-state index in [1.165, 1.54) is 6.20 Å². The second kappa shape index (κ2) is 5.10. The van der Waals surface area contributed by atoms with Gasteiger partial charge in [0, 0.05) is 23.5 Å². The maximum atomic E-state index is 12.4. The van der Waals surface area contributed by atoms with Crippen molar-refractivity contribution in [2.75, 3.05) is 11.8 Å². The molecule has 0 aliphatic heterocycles. The number of ether oxygens (including phenoxy) is 1. The highest BCUT2D eigenvalue weighted by Gasteiger charge is 2.19. The van der Waals surface area contributed by atoms with Crippen LogP contribution in [0.4, 0.5) is 5.69 Å². The van der Waals surface area contributed by atoms with Crippen LogP contribution in [0.15, 0.2) is 53.7 Å². The number of aromatic amines is 1. The molecule has 0 radical (unpaired) electrons. The predicted octanol–water partition coefficient (Wildman–Crippen LogP) is 2.37. The summed E-state index contributed by atoms with van der Waals surface area (Å²) >= 11 is 0. The Morgan fingerprint density at radius 2 is 1.95 bits per heavy atom. The summed E-state index contributed by atoms with van der Waals surface area (Å²) in [5, 5.41) is 0.554. The van der Waals surface area contributed by atoms with E-state index in [0.717, 1.165) is 0 Å². The van der Waals surface area contributed by atoms with Gasteiger partial charge in [0.2, 0.25) is 0 Å². The van der Waals surface area contributed by atoms with Gasteiger partial charge in [-0.15, -0.1) is 0 Å². The molecule has 7 heteroatoms. The van der Waals surface area contributed by atoms with Gasteiger partial charge in [-0.25, -0.2) is 13.4 Å². The molecule has 0 atom stereocenters. The number of nitrogens with one attached hydrogen (secondary N) is 2. The highest BCUT2D eigenvalue weighted by atomic mass is 32.2. The number of nitrogens with zero attached hydrogens (tertiary/aromatic N) is 1. The number of sulfonamides is 1. The Labute approximate surface area is 121 Å². The number of anilines is 1. The van der Waals surface area contributed by atoms with Gasteiger partial charge in [-0.3, -0.25) is 4.72 Å². The zero-order valence-electron chi connectivity index (χ0n) is 11.2. The van der Waals surface area contributed by atoms with Crippen molar-refractivity contribution in [3.63, 3.8) is 0 Å². The summed E-state index contributed by atoms with van der Waals surface area (Å²) in [6.07, 6.45) is 3.04. The number of aromatic nitrogens is 2. The SMILES string of the molecule is COc1ccc(NS(=O)(=O)c2c[nH]c3ncccc23)cc1. The van der Waals surface area contributed by atoms with E-state index < -0.39 is 10.0 Å². The van der Waals surface area contributed by atoms with E-state index in [0.29, 0.717) is 22.5 Å². The molecule has 0 spiro atoms. The molecule has 0 bridgehead atoms. The maximum Gasteiger partial charge on any atom is 0.264 e. The molecule has 0 amide bonds. The summed E-state index contributed by atoms with van der Waals surface area (Å²) in [5.41, 5.74) is 1.00. The molecular formula is C14H13N3O3S. The lowest BCUT2D eigenvalue weighted by atomic mass is 10.3. The molecular weight excluding hydrogens is 290 g/mol. The lowest BCUT2D eigenvalue weighted by Crippen LogP contribution is -2.12. The normalized spacial score (nSPS) is 11.5. The minimum absolute atomic E-state index is 0.168. The van der Waals surface area contributed by atoms with Crippen molar-refractivity contribution in [1.82, 2.24) is 9.97 Å². The molecule has 1 aromatic carbocycles. The third-order valence-corrected chi connectivity index (χ3v) is 4.47. The molecule has 108 valence electrons. The first-order valence-electron chi connectivity index (χ1n) is 6.19. The largest absolute Gasteiger partial charge is 0.497 e. The highest BCUT2D eigenvalue weighted by molar-refractivity contribution is 7.93. The summed E-state index contributed by atoms with van der Waals surface area (Å²) in [5.74, 6) is 0.661. The third kappa shape index (κ3) is 2.55. The van der Waals surface area contributed by atoms with Gasteiger partial charge < -0.3 is 9.72 Å². The molecule has 2 N–H and O–H groups in total. The number of methoxy groups -OCH3 is 1. The Balaban J connectivity index is 1.96. The smallest absolute Gasteiger partial charge is 0.264 e. The van der Waals surface area contributed by atoms with Crippen LogP contribution < -0.4 is 9.46 Å². The Morgan fingerprint density at radius 1 is 1.19 bits per heavy atom. The Bertz CT molecular complexity index is 870. The van der Waals surface area contributed by atoms with Crippen molar-refractivity contribution in [3.05, 3.63) is 48.8 Å². The average molecular weight is 303 g/mol. The van der Waals surface area contributed by atoms with E-state index in [1.54, 1.807) is 49.7 Å². The Morgan fingerprint density at radius 3 is 2.67 bits per heavy atom. The molecule has 2 heterocycles. The van der Waals surface area contributed by atoms with Gasteiger partial charge in [0.05, 0.1) is 7.11 Å². The van der Waals surface area contributed by atoms with Crippen LogP contribution in [0.3, 0.4) is 0 Å². The lowest BCUT2D eigenvalue weighted by molar-refractivity contribution is 0.415. The number of hydrogen-bond acceptors (Lipinski definition) is 4. The summed E-state index contributed by atoms with van der Waals surface area (Å²) < 4.78 is 32.5. The number of benzene rings is 1. The van der Waals surface area contributed by atoms with Gasteiger partial charge in [-0.1, -0.05) is 0 Å². The third-order valence-electron chi connectivity index (χ3n) is 3.04. The second-order valence-electron chi connectivity index (χ2n) is 4.39. The van der Waals surface area contributed by atoms with Crippen molar-refractivity contribution in [2.24, 2.45) is 0 Å². The first-order valence-corrected chi connectivity index (χ1v) is 7.67. The van der Waals surface area contributed by atoms with Gasteiger partial charge in [0.15, 0.2) is 0 Å². The summed E-state index contributed by atoms with van der Waals surface area (Å²) in [7, 11) is -2.12. The first kappa shape index (κ1) is 13.4. The van der Waals surface area contributed by atoms with Crippen molar-refractivity contribution in [2.45, 2.75) is 4.90 Å². The van der Waals surface area contributed by atoms with Crippen molar-refractivity contribution in [3.8, 4) is 5.75 Å². The summed E-state index contributed by atoms with van der Waals surface area (Å²) in [6, 6.07) is 10.1. The maximum absolute atomic E-state index is 12.4. The Kier molecular flexibility index (Phi) is 3.26. The van der Waals surface area contributed by atoms with Crippen molar-refractivity contribution >= 4 is 26.7 Å². The number of fused-ring (bicyclic) bond motifs is 1. The average Bonchev–Trinajstić information content (AvgIpc) is 2.92. The van der Waals surface area contributed by atoms with E-state index >= 15 is 0 Å². The molecule has 6 nitrogen and oxygen atoms in total.